The number of methoxy groups -OCH3 is 1. The van der Waals surface area contributed by atoms with Crippen molar-refractivity contribution in [3.05, 3.63) is 58.1 Å². The van der Waals surface area contributed by atoms with Gasteiger partial charge in [0.25, 0.3) is 5.91 Å². The van der Waals surface area contributed by atoms with E-state index in [-0.39, 0.29) is 22.6 Å². The van der Waals surface area contributed by atoms with Crippen LogP contribution in [-0.2, 0) is 10.0 Å². The van der Waals surface area contributed by atoms with Crippen LogP contribution in [0.3, 0.4) is 0 Å². The summed E-state index contributed by atoms with van der Waals surface area (Å²) >= 11 is 0. The molecule has 0 aromatic heterocycles. The third-order valence-corrected chi connectivity index (χ3v) is 7.72. The molecule has 162 valence electrons. The molecular weight excluding hydrogens is 400 g/mol. The molecule has 0 bridgehead atoms. The summed E-state index contributed by atoms with van der Waals surface area (Å²) in [4.78, 5) is 13.0. The second-order valence-electron chi connectivity index (χ2n) is 7.97. The number of ether oxygens (including phenoxy) is 1. The lowest BCUT2D eigenvalue weighted by molar-refractivity contribution is 0.0939. The normalized spacial score (nSPS) is 15.8. The number of nitrogens with zero attached hydrogens (tertiary/aromatic N) is 1. The Labute approximate surface area is 179 Å². The summed E-state index contributed by atoms with van der Waals surface area (Å²) in [6.07, 6.45) is 1.68. The van der Waals surface area contributed by atoms with E-state index in [1.807, 2.05) is 20.8 Å². The van der Waals surface area contributed by atoms with E-state index < -0.39 is 10.0 Å². The molecule has 1 unspecified atom stereocenters. The summed E-state index contributed by atoms with van der Waals surface area (Å²) in [6.45, 7) is 9.05. The molecule has 7 heteroatoms. The Morgan fingerprint density at radius 2 is 1.67 bits per heavy atom. The summed E-state index contributed by atoms with van der Waals surface area (Å²) in [5, 5.41) is 3.00. The lowest BCUT2D eigenvalue weighted by Gasteiger charge is -2.20. The van der Waals surface area contributed by atoms with Crippen molar-refractivity contribution in [2.24, 2.45) is 0 Å². The first-order valence-electron chi connectivity index (χ1n) is 10.2. The Morgan fingerprint density at radius 3 is 2.30 bits per heavy atom. The van der Waals surface area contributed by atoms with Crippen molar-refractivity contribution in [2.75, 3.05) is 20.2 Å². The molecule has 2 aromatic rings. The fourth-order valence-corrected chi connectivity index (χ4v) is 5.59. The first kappa shape index (κ1) is 22.3. The average Bonchev–Trinajstić information content (AvgIpc) is 3.25. The highest BCUT2D eigenvalue weighted by atomic mass is 32.2. The van der Waals surface area contributed by atoms with Gasteiger partial charge in [-0.1, -0.05) is 12.1 Å². The van der Waals surface area contributed by atoms with E-state index in [1.165, 1.54) is 28.6 Å². The van der Waals surface area contributed by atoms with Gasteiger partial charge in [0.1, 0.15) is 10.6 Å². The quantitative estimate of drug-likeness (QED) is 0.754. The van der Waals surface area contributed by atoms with Crippen molar-refractivity contribution in [1.29, 1.82) is 0 Å². The second kappa shape index (κ2) is 8.78. The Balaban J connectivity index is 1.89. The van der Waals surface area contributed by atoms with Crippen molar-refractivity contribution in [3.8, 4) is 5.75 Å². The number of hydrogen-bond donors (Lipinski definition) is 1. The Bertz CT molecular complexity index is 1060. The maximum Gasteiger partial charge on any atom is 0.251 e. The third-order valence-electron chi connectivity index (χ3n) is 5.81. The smallest absolute Gasteiger partial charge is 0.251 e. The Kier molecular flexibility index (Phi) is 6.53. The maximum absolute atomic E-state index is 13.1. The van der Waals surface area contributed by atoms with Gasteiger partial charge < -0.3 is 10.1 Å². The molecule has 2 aromatic carbocycles. The predicted molar refractivity (Wildman–Crippen MR) is 118 cm³/mol. The summed E-state index contributed by atoms with van der Waals surface area (Å²) in [6, 6.07) is 8.55. The van der Waals surface area contributed by atoms with E-state index >= 15 is 0 Å². The number of hydrogen-bond acceptors (Lipinski definition) is 4. The molecule has 1 aliphatic heterocycles. The molecule has 1 amide bonds. The van der Waals surface area contributed by atoms with Crippen LogP contribution >= 0.6 is 0 Å². The summed E-state index contributed by atoms with van der Waals surface area (Å²) in [5.41, 5.74) is 4.83. The highest BCUT2D eigenvalue weighted by Crippen LogP contribution is 2.30. The van der Waals surface area contributed by atoms with Crippen LogP contribution in [0.25, 0.3) is 0 Å². The van der Waals surface area contributed by atoms with E-state index in [4.69, 9.17) is 4.74 Å². The van der Waals surface area contributed by atoms with E-state index in [9.17, 15) is 13.2 Å². The largest absolute Gasteiger partial charge is 0.495 e. The van der Waals surface area contributed by atoms with E-state index in [0.717, 1.165) is 24.0 Å². The van der Waals surface area contributed by atoms with Crippen LogP contribution in [0.15, 0.2) is 35.2 Å². The fraction of sp³-hybridized carbons (Fsp3) is 0.435. The Morgan fingerprint density at radius 1 is 1.03 bits per heavy atom. The van der Waals surface area contributed by atoms with Crippen LogP contribution < -0.4 is 10.1 Å². The van der Waals surface area contributed by atoms with Crippen molar-refractivity contribution in [3.63, 3.8) is 0 Å². The molecule has 1 N–H and O–H groups in total. The van der Waals surface area contributed by atoms with Crippen LogP contribution in [0, 0.1) is 20.8 Å². The average molecular weight is 431 g/mol. The van der Waals surface area contributed by atoms with Gasteiger partial charge in [0.15, 0.2) is 0 Å². The molecule has 1 atom stereocenters. The van der Waals surface area contributed by atoms with Crippen LogP contribution in [0.2, 0.25) is 0 Å². The minimum absolute atomic E-state index is 0.0366. The van der Waals surface area contributed by atoms with Gasteiger partial charge in [0.05, 0.1) is 13.2 Å². The first-order valence-corrected chi connectivity index (χ1v) is 11.7. The van der Waals surface area contributed by atoms with Gasteiger partial charge >= 0.3 is 0 Å². The number of benzene rings is 2. The van der Waals surface area contributed by atoms with E-state index in [0.29, 0.717) is 18.7 Å². The zero-order valence-corrected chi connectivity index (χ0v) is 19.1. The van der Waals surface area contributed by atoms with E-state index in [1.54, 1.807) is 12.1 Å². The molecule has 3 rings (SSSR count). The van der Waals surface area contributed by atoms with Crippen molar-refractivity contribution in [1.82, 2.24) is 9.62 Å². The van der Waals surface area contributed by atoms with Gasteiger partial charge in [-0.3, -0.25) is 4.79 Å². The topological polar surface area (TPSA) is 75.7 Å². The highest BCUT2D eigenvalue weighted by Gasteiger charge is 2.30. The Hall–Kier alpha value is -2.38. The lowest BCUT2D eigenvalue weighted by Crippen LogP contribution is -2.30. The van der Waals surface area contributed by atoms with E-state index in [2.05, 4.69) is 24.4 Å². The molecule has 0 spiro atoms. The molecule has 0 radical (unpaired) electrons. The number of rotatable bonds is 6. The number of nitrogens with one attached hydrogen (secondary N) is 1. The highest BCUT2D eigenvalue weighted by molar-refractivity contribution is 7.89. The minimum atomic E-state index is -3.71. The lowest BCUT2D eigenvalue weighted by atomic mass is 9.96. The number of aryl methyl sites for hydroxylation is 3. The monoisotopic (exact) mass is 430 g/mol. The molecule has 0 aliphatic carbocycles. The maximum atomic E-state index is 13.1. The van der Waals surface area contributed by atoms with Crippen LogP contribution in [0.5, 0.6) is 5.75 Å². The molecule has 1 fully saturated rings. The molecule has 1 aliphatic rings. The van der Waals surface area contributed by atoms with Crippen LogP contribution in [0.4, 0.5) is 0 Å². The van der Waals surface area contributed by atoms with Gasteiger partial charge in [-0.15, -0.1) is 0 Å². The number of carbonyl (C=O) groups excluding carboxylic acids is 1. The first-order chi connectivity index (χ1) is 14.1. The van der Waals surface area contributed by atoms with Gasteiger partial charge in [0, 0.05) is 18.7 Å². The van der Waals surface area contributed by atoms with Crippen molar-refractivity contribution < 1.29 is 17.9 Å². The second-order valence-corrected chi connectivity index (χ2v) is 9.87. The summed E-state index contributed by atoms with van der Waals surface area (Å²) in [7, 11) is -2.27. The third kappa shape index (κ3) is 4.37. The molecule has 30 heavy (non-hydrogen) atoms. The minimum Gasteiger partial charge on any atom is -0.495 e. The van der Waals surface area contributed by atoms with Gasteiger partial charge in [-0.05, 0) is 81.0 Å². The molecule has 1 saturated heterocycles. The number of carbonyl (C=O) groups is 1. The molecular formula is C23H30N2O4S. The summed E-state index contributed by atoms with van der Waals surface area (Å²) < 4.78 is 32.9. The molecule has 6 nitrogen and oxygen atoms in total. The SMILES string of the molecule is COc1ccc(C(=O)NC(C)c2cc(C)c(C)cc2C)cc1S(=O)(=O)N1CCCC1. The number of sulfonamides is 1. The van der Waals surface area contributed by atoms with Crippen molar-refractivity contribution >= 4 is 15.9 Å². The van der Waals surface area contributed by atoms with Gasteiger partial charge in [-0.25, -0.2) is 8.42 Å². The zero-order valence-electron chi connectivity index (χ0n) is 18.3. The molecule has 0 saturated carbocycles. The standard InChI is InChI=1S/C23H30N2O4S/c1-15-12-17(3)20(13-16(15)2)18(4)24-23(26)19-8-9-21(29-5)22(14-19)30(27,28)25-10-6-7-11-25/h8-9,12-14,18H,6-7,10-11H2,1-5H3,(H,24,26). The van der Waals surface area contributed by atoms with Gasteiger partial charge in [0.2, 0.25) is 10.0 Å². The number of amides is 1. The fourth-order valence-electron chi connectivity index (χ4n) is 3.89. The van der Waals surface area contributed by atoms with Gasteiger partial charge in [-0.2, -0.15) is 4.31 Å². The predicted octanol–water partition coefficient (Wildman–Crippen LogP) is 3.90. The summed E-state index contributed by atoms with van der Waals surface area (Å²) in [5.74, 6) is -0.0721. The van der Waals surface area contributed by atoms with Crippen LogP contribution in [-0.4, -0.2) is 38.8 Å². The van der Waals surface area contributed by atoms with Crippen molar-refractivity contribution in [2.45, 2.75) is 51.5 Å². The zero-order chi connectivity index (χ0) is 22.1. The molecule has 1 heterocycles. The van der Waals surface area contributed by atoms with Crippen LogP contribution in [0.1, 0.15) is 58.4 Å².